The average Bonchev–Trinajstić information content (AvgIpc) is 3.15. The van der Waals surface area contributed by atoms with Gasteiger partial charge in [0.15, 0.2) is 0 Å². The molecule has 0 aliphatic heterocycles. The molecule has 6 nitrogen and oxygen atoms in total. The number of halogens is 1. The van der Waals surface area contributed by atoms with Crippen LogP contribution in [0.2, 0.25) is 0 Å². The van der Waals surface area contributed by atoms with Crippen LogP contribution in [0.25, 0.3) is 11.4 Å². The average molecular weight is 462 g/mol. The van der Waals surface area contributed by atoms with Gasteiger partial charge in [-0.15, -0.1) is 11.8 Å². The lowest BCUT2D eigenvalue weighted by atomic mass is 10.2. The van der Waals surface area contributed by atoms with Gasteiger partial charge in [0.2, 0.25) is 17.6 Å². The Hall–Kier alpha value is -2.32. The molecule has 0 radical (unpaired) electrons. The Bertz CT molecular complexity index is 948. The molecule has 2 aromatic carbocycles. The molecule has 146 valence electrons. The van der Waals surface area contributed by atoms with E-state index >= 15 is 0 Å². The molecule has 1 unspecified atom stereocenters. The molecule has 0 aliphatic rings. The number of carbonyl (C=O) groups is 1. The zero-order valence-corrected chi connectivity index (χ0v) is 17.9. The lowest BCUT2D eigenvalue weighted by Gasteiger charge is -2.11. The fourth-order valence-corrected chi connectivity index (χ4v) is 3.56. The van der Waals surface area contributed by atoms with Crippen LogP contribution in [0.4, 0.5) is 5.69 Å². The van der Waals surface area contributed by atoms with Crippen molar-refractivity contribution in [3.05, 3.63) is 58.9 Å². The quantitative estimate of drug-likeness (QED) is 0.499. The van der Waals surface area contributed by atoms with E-state index in [0.717, 1.165) is 15.7 Å². The lowest BCUT2D eigenvalue weighted by molar-refractivity contribution is -0.115. The zero-order chi connectivity index (χ0) is 19.9. The number of hydrogen-bond donors (Lipinski definition) is 1. The van der Waals surface area contributed by atoms with Crippen molar-refractivity contribution in [1.29, 1.82) is 0 Å². The number of nitrogens with one attached hydrogen (secondary N) is 1. The fraction of sp³-hybridized carbons (Fsp3) is 0.250. The van der Waals surface area contributed by atoms with Crippen molar-refractivity contribution < 1.29 is 14.1 Å². The van der Waals surface area contributed by atoms with E-state index in [1.165, 1.54) is 11.8 Å². The van der Waals surface area contributed by atoms with Crippen LogP contribution in [0.15, 0.2) is 57.5 Å². The summed E-state index contributed by atoms with van der Waals surface area (Å²) in [6.07, 6.45) is 0. The number of hydrogen-bond acceptors (Lipinski definition) is 6. The fourth-order valence-electron chi connectivity index (χ4n) is 2.44. The van der Waals surface area contributed by atoms with E-state index in [1.54, 1.807) is 0 Å². The summed E-state index contributed by atoms with van der Waals surface area (Å²) in [5.74, 6) is 2.02. The first-order valence-corrected chi connectivity index (χ1v) is 10.6. The van der Waals surface area contributed by atoms with Crippen LogP contribution >= 0.6 is 27.7 Å². The van der Waals surface area contributed by atoms with E-state index in [0.29, 0.717) is 29.8 Å². The zero-order valence-electron chi connectivity index (χ0n) is 15.5. The molecule has 0 aliphatic carbocycles. The van der Waals surface area contributed by atoms with Gasteiger partial charge in [0.05, 0.1) is 23.2 Å². The van der Waals surface area contributed by atoms with Crippen LogP contribution in [0, 0.1) is 0 Å². The standard InChI is InChI=1S/C20H20BrN3O3S/c1-3-26-17-10-5-4-9-16(17)19-23-18(27-24-19)12-28-13(2)20(25)22-15-8-6-7-14(21)11-15/h4-11,13H,3,12H2,1-2H3,(H,22,25). The highest BCUT2D eigenvalue weighted by Crippen LogP contribution is 2.28. The van der Waals surface area contributed by atoms with E-state index in [-0.39, 0.29) is 11.2 Å². The van der Waals surface area contributed by atoms with Crippen molar-refractivity contribution in [2.45, 2.75) is 24.9 Å². The largest absolute Gasteiger partial charge is 0.493 e. The van der Waals surface area contributed by atoms with Gasteiger partial charge in [-0.3, -0.25) is 4.79 Å². The second-order valence-electron chi connectivity index (χ2n) is 5.89. The Morgan fingerprint density at radius 3 is 2.89 bits per heavy atom. The van der Waals surface area contributed by atoms with E-state index in [1.807, 2.05) is 62.4 Å². The molecule has 1 heterocycles. The third kappa shape index (κ3) is 5.36. The lowest BCUT2D eigenvalue weighted by Crippen LogP contribution is -2.22. The van der Waals surface area contributed by atoms with E-state index in [9.17, 15) is 4.79 Å². The van der Waals surface area contributed by atoms with Crippen molar-refractivity contribution >= 4 is 39.3 Å². The Labute approximate surface area is 176 Å². The Kier molecular flexibility index (Phi) is 7.11. The smallest absolute Gasteiger partial charge is 0.237 e. The number of ether oxygens (including phenoxy) is 1. The van der Waals surface area contributed by atoms with Crippen LogP contribution < -0.4 is 10.1 Å². The molecule has 1 aromatic heterocycles. The van der Waals surface area contributed by atoms with Gasteiger partial charge in [0.25, 0.3) is 0 Å². The van der Waals surface area contributed by atoms with Gasteiger partial charge >= 0.3 is 0 Å². The third-order valence-electron chi connectivity index (χ3n) is 3.81. The molecular weight excluding hydrogens is 442 g/mol. The number of aromatic nitrogens is 2. The number of anilines is 1. The molecule has 0 bridgehead atoms. The molecular formula is C20H20BrN3O3S. The molecule has 1 N–H and O–H groups in total. The molecule has 0 saturated carbocycles. The normalized spacial score (nSPS) is 11.8. The summed E-state index contributed by atoms with van der Waals surface area (Å²) in [6.45, 7) is 4.33. The van der Waals surface area contributed by atoms with Crippen LogP contribution in [-0.2, 0) is 10.5 Å². The highest BCUT2D eigenvalue weighted by atomic mass is 79.9. The summed E-state index contributed by atoms with van der Waals surface area (Å²) >= 11 is 4.83. The minimum atomic E-state index is -0.273. The Morgan fingerprint density at radius 2 is 2.11 bits per heavy atom. The first kappa shape index (κ1) is 20.4. The van der Waals surface area contributed by atoms with Gasteiger partial charge in [-0.2, -0.15) is 4.98 Å². The maximum absolute atomic E-state index is 12.4. The predicted octanol–water partition coefficient (Wildman–Crippen LogP) is 5.16. The number of para-hydroxylation sites is 1. The first-order valence-electron chi connectivity index (χ1n) is 8.79. The monoisotopic (exact) mass is 461 g/mol. The molecule has 3 rings (SSSR count). The number of benzene rings is 2. The summed E-state index contributed by atoms with van der Waals surface area (Å²) in [5.41, 5.74) is 1.53. The molecule has 1 amide bonds. The Morgan fingerprint density at radius 1 is 1.29 bits per heavy atom. The molecule has 1 atom stereocenters. The molecule has 0 spiro atoms. The van der Waals surface area contributed by atoms with E-state index in [4.69, 9.17) is 9.26 Å². The summed E-state index contributed by atoms with van der Waals surface area (Å²) < 4.78 is 11.9. The number of nitrogens with zero attached hydrogens (tertiary/aromatic N) is 2. The van der Waals surface area contributed by atoms with Crippen molar-refractivity contribution in [2.24, 2.45) is 0 Å². The molecule has 0 fully saturated rings. The second-order valence-corrected chi connectivity index (χ2v) is 8.14. The highest BCUT2D eigenvalue weighted by molar-refractivity contribution is 9.10. The minimum Gasteiger partial charge on any atom is -0.493 e. The van der Waals surface area contributed by atoms with Crippen molar-refractivity contribution in [3.8, 4) is 17.1 Å². The van der Waals surface area contributed by atoms with Crippen molar-refractivity contribution in [3.63, 3.8) is 0 Å². The molecule has 3 aromatic rings. The van der Waals surface area contributed by atoms with Gasteiger partial charge in [-0.1, -0.05) is 39.3 Å². The number of rotatable bonds is 8. The minimum absolute atomic E-state index is 0.0791. The van der Waals surface area contributed by atoms with Crippen LogP contribution in [0.3, 0.4) is 0 Å². The van der Waals surface area contributed by atoms with Gasteiger partial charge in [-0.25, -0.2) is 0 Å². The van der Waals surface area contributed by atoms with Gasteiger partial charge in [0, 0.05) is 10.2 Å². The number of thioether (sulfide) groups is 1. The van der Waals surface area contributed by atoms with Gasteiger partial charge < -0.3 is 14.6 Å². The number of carbonyl (C=O) groups excluding carboxylic acids is 1. The summed E-state index contributed by atoms with van der Waals surface area (Å²) in [4.78, 5) is 16.8. The van der Waals surface area contributed by atoms with E-state index < -0.39 is 0 Å². The molecule has 0 saturated heterocycles. The third-order valence-corrected chi connectivity index (χ3v) is 5.44. The van der Waals surface area contributed by atoms with E-state index in [2.05, 4.69) is 31.4 Å². The SMILES string of the molecule is CCOc1ccccc1-c1noc(CSC(C)C(=O)Nc2cccc(Br)c2)n1. The van der Waals surface area contributed by atoms with Gasteiger partial charge in [-0.05, 0) is 44.2 Å². The summed E-state index contributed by atoms with van der Waals surface area (Å²) in [7, 11) is 0. The second kappa shape index (κ2) is 9.75. The highest BCUT2D eigenvalue weighted by Gasteiger charge is 2.17. The van der Waals surface area contributed by atoms with Crippen molar-refractivity contribution in [1.82, 2.24) is 10.1 Å². The Balaban J connectivity index is 1.59. The van der Waals surface area contributed by atoms with Crippen LogP contribution in [0.1, 0.15) is 19.7 Å². The van der Waals surface area contributed by atoms with Crippen LogP contribution in [0.5, 0.6) is 5.75 Å². The topological polar surface area (TPSA) is 77.2 Å². The van der Waals surface area contributed by atoms with Crippen LogP contribution in [-0.4, -0.2) is 27.9 Å². The molecule has 28 heavy (non-hydrogen) atoms. The first-order chi connectivity index (χ1) is 13.6. The summed E-state index contributed by atoms with van der Waals surface area (Å²) in [5, 5.41) is 6.67. The maximum atomic E-state index is 12.4. The molecule has 8 heteroatoms. The maximum Gasteiger partial charge on any atom is 0.237 e. The number of amides is 1. The van der Waals surface area contributed by atoms with Crippen molar-refractivity contribution in [2.75, 3.05) is 11.9 Å². The predicted molar refractivity (Wildman–Crippen MR) is 114 cm³/mol. The summed E-state index contributed by atoms with van der Waals surface area (Å²) in [6, 6.07) is 15.0. The van der Waals surface area contributed by atoms with Gasteiger partial charge in [0.1, 0.15) is 5.75 Å².